The molecule has 11 heteroatoms. The standard InChI is InChI=1S/C17H25N5O6/c18-17-21-14-13(15(26)22-17)9(8-19-14)4-2-1-3-5-11(23)20-10(16(27)28)6-7-12(24)25/h9-10H,1-8H2,(H,20,23)(H,24,25)(H,27,28)(H4,18,19,21,22,26)/t9?,10-/m0/s1. The zero-order valence-corrected chi connectivity index (χ0v) is 15.4. The molecule has 0 saturated heterocycles. The third-order valence-corrected chi connectivity index (χ3v) is 4.63. The number of nitrogens with two attached hydrogens (primary N) is 1. The lowest BCUT2D eigenvalue weighted by Gasteiger charge is -2.13. The van der Waals surface area contributed by atoms with Crippen molar-refractivity contribution >= 4 is 29.6 Å². The van der Waals surface area contributed by atoms with Gasteiger partial charge in [0.1, 0.15) is 11.9 Å². The van der Waals surface area contributed by atoms with Crippen molar-refractivity contribution in [2.75, 3.05) is 17.6 Å². The summed E-state index contributed by atoms with van der Waals surface area (Å²) in [5.74, 6) is -2.14. The van der Waals surface area contributed by atoms with Crippen LogP contribution in [0.15, 0.2) is 4.79 Å². The van der Waals surface area contributed by atoms with Crippen molar-refractivity contribution in [2.24, 2.45) is 0 Å². The molecule has 0 saturated carbocycles. The molecule has 0 aliphatic carbocycles. The summed E-state index contributed by atoms with van der Waals surface area (Å²) in [7, 11) is 0. The Labute approximate surface area is 160 Å². The van der Waals surface area contributed by atoms with Gasteiger partial charge in [0.2, 0.25) is 11.9 Å². The maximum Gasteiger partial charge on any atom is 0.326 e. The Balaban J connectivity index is 1.70. The topological polar surface area (TPSA) is 187 Å². The molecule has 0 aromatic carbocycles. The summed E-state index contributed by atoms with van der Waals surface area (Å²) in [6.45, 7) is 0.610. The van der Waals surface area contributed by atoms with E-state index in [2.05, 4.69) is 20.6 Å². The lowest BCUT2D eigenvalue weighted by molar-refractivity contribution is -0.143. The molecule has 0 radical (unpaired) electrons. The van der Waals surface area contributed by atoms with Gasteiger partial charge >= 0.3 is 11.9 Å². The van der Waals surface area contributed by atoms with Crippen molar-refractivity contribution in [1.82, 2.24) is 15.3 Å². The highest BCUT2D eigenvalue weighted by molar-refractivity contribution is 5.83. The average Bonchev–Trinajstić information content (AvgIpc) is 3.00. The molecule has 1 aromatic rings. The fourth-order valence-electron chi connectivity index (χ4n) is 3.23. The molecule has 1 aliphatic heterocycles. The molecule has 2 atom stereocenters. The number of aliphatic carboxylic acids is 2. The average molecular weight is 395 g/mol. The molecular formula is C17H25N5O6. The Kier molecular flexibility index (Phi) is 7.36. The van der Waals surface area contributed by atoms with E-state index in [1.165, 1.54) is 0 Å². The summed E-state index contributed by atoms with van der Waals surface area (Å²) in [5, 5.41) is 23.1. The van der Waals surface area contributed by atoms with Crippen LogP contribution in [-0.4, -0.2) is 50.6 Å². The lowest BCUT2D eigenvalue weighted by Crippen LogP contribution is -2.41. The number of aromatic nitrogens is 2. The Morgan fingerprint density at radius 1 is 1.21 bits per heavy atom. The first-order chi connectivity index (χ1) is 13.3. The third kappa shape index (κ3) is 5.96. The zero-order valence-electron chi connectivity index (χ0n) is 15.4. The molecule has 1 amide bonds. The van der Waals surface area contributed by atoms with Crippen LogP contribution >= 0.6 is 0 Å². The van der Waals surface area contributed by atoms with Gasteiger partial charge in [0.15, 0.2) is 0 Å². The molecule has 0 fully saturated rings. The van der Waals surface area contributed by atoms with Gasteiger partial charge in [0, 0.05) is 25.3 Å². The van der Waals surface area contributed by atoms with Gasteiger partial charge in [-0.3, -0.25) is 19.4 Å². The summed E-state index contributed by atoms with van der Waals surface area (Å²) in [4.78, 5) is 52.1. The van der Waals surface area contributed by atoms with Crippen molar-refractivity contribution in [2.45, 2.75) is 56.9 Å². The monoisotopic (exact) mass is 395 g/mol. The van der Waals surface area contributed by atoms with Crippen LogP contribution in [0.5, 0.6) is 0 Å². The van der Waals surface area contributed by atoms with Gasteiger partial charge in [-0.15, -0.1) is 0 Å². The predicted octanol–water partition coefficient (Wildman–Crippen LogP) is 0.246. The highest BCUT2D eigenvalue weighted by atomic mass is 16.4. The fourth-order valence-corrected chi connectivity index (χ4v) is 3.23. The first kappa shape index (κ1) is 21.2. The largest absolute Gasteiger partial charge is 0.481 e. The van der Waals surface area contributed by atoms with Crippen molar-refractivity contribution < 1.29 is 24.6 Å². The number of aromatic amines is 1. The van der Waals surface area contributed by atoms with Crippen LogP contribution in [0.25, 0.3) is 0 Å². The molecule has 0 spiro atoms. The number of fused-ring (bicyclic) bond motifs is 1. The maximum atomic E-state index is 12.0. The van der Waals surface area contributed by atoms with E-state index >= 15 is 0 Å². The summed E-state index contributed by atoms with van der Waals surface area (Å²) in [6.07, 6.45) is 2.55. The summed E-state index contributed by atoms with van der Waals surface area (Å²) in [6, 6.07) is -1.20. The smallest absolute Gasteiger partial charge is 0.326 e. The summed E-state index contributed by atoms with van der Waals surface area (Å²) >= 11 is 0. The Morgan fingerprint density at radius 3 is 2.64 bits per heavy atom. The Morgan fingerprint density at radius 2 is 1.96 bits per heavy atom. The molecule has 1 aliphatic rings. The van der Waals surface area contributed by atoms with Gasteiger partial charge in [0.25, 0.3) is 5.56 Å². The number of hydrogen-bond donors (Lipinski definition) is 6. The van der Waals surface area contributed by atoms with E-state index in [-0.39, 0.29) is 36.7 Å². The highest BCUT2D eigenvalue weighted by Crippen LogP contribution is 2.30. The molecule has 1 aromatic heterocycles. The van der Waals surface area contributed by atoms with Crippen LogP contribution in [0.3, 0.4) is 0 Å². The van der Waals surface area contributed by atoms with Crippen LogP contribution in [0.4, 0.5) is 11.8 Å². The molecule has 11 nitrogen and oxygen atoms in total. The second-order valence-electron chi connectivity index (χ2n) is 6.78. The number of nitrogens with zero attached hydrogens (tertiary/aromatic N) is 1. The first-order valence-electron chi connectivity index (χ1n) is 9.15. The number of rotatable bonds is 11. The van der Waals surface area contributed by atoms with E-state index in [4.69, 9.17) is 15.9 Å². The zero-order chi connectivity index (χ0) is 20.7. The number of nitrogen functional groups attached to an aromatic ring is 1. The van der Waals surface area contributed by atoms with E-state index in [0.29, 0.717) is 24.3 Å². The Bertz CT molecular complexity index is 793. The SMILES string of the molecule is Nc1nc2c(c(=O)[nH]1)C(CCCCCC(=O)N[C@@H](CCC(=O)O)C(=O)O)CN2. The number of unbranched alkanes of at least 4 members (excludes halogenated alkanes) is 2. The minimum Gasteiger partial charge on any atom is -0.481 e. The molecule has 0 bridgehead atoms. The van der Waals surface area contributed by atoms with E-state index in [1.54, 1.807) is 0 Å². The van der Waals surface area contributed by atoms with Gasteiger partial charge in [-0.2, -0.15) is 4.98 Å². The van der Waals surface area contributed by atoms with Crippen LogP contribution in [0, 0.1) is 0 Å². The van der Waals surface area contributed by atoms with Crippen molar-refractivity contribution in [1.29, 1.82) is 0 Å². The second-order valence-corrected chi connectivity index (χ2v) is 6.78. The normalized spacial score (nSPS) is 16.1. The molecule has 2 heterocycles. The van der Waals surface area contributed by atoms with Gasteiger partial charge in [-0.05, 0) is 19.3 Å². The number of carboxylic acid groups (broad SMARTS) is 2. The maximum absolute atomic E-state index is 12.0. The minimum atomic E-state index is -1.25. The second kappa shape index (κ2) is 9.72. The number of amides is 1. The van der Waals surface area contributed by atoms with Crippen LogP contribution in [0.1, 0.15) is 56.4 Å². The molecule has 154 valence electrons. The summed E-state index contributed by atoms with van der Waals surface area (Å²) < 4.78 is 0. The molecule has 2 rings (SSSR count). The van der Waals surface area contributed by atoms with E-state index < -0.39 is 23.9 Å². The van der Waals surface area contributed by atoms with E-state index in [1.807, 2.05) is 0 Å². The van der Waals surface area contributed by atoms with Crippen molar-refractivity contribution in [3.63, 3.8) is 0 Å². The van der Waals surface area contributed by atoms with Crippen LogP contribution in [-0.2, 0) is 14.4 Å². The predicted molar refractivity (Wildman–Crippen MR) is 100 cm³/mol. The molecule has 1 unspecified atom stereocenters. The number of hydrogen-bond acceptors (Lipinski definition) is 7. The van der Waals surface area contributed by atoms with Gasteiger partial charge in [0.05, 0.1) is 5.56 Å². The van der Waals surface area contributed by atoms with Gasteiger partial charge in [-0.1, -0.05) is 12.8 Å². The number of nitrogens with one attached hydrogen (secondary N) is 3. The van der Waals surface area contributed by atoms with Gasteiger partial charge in [-0.25, -0.2) is 4.79 Å². The van der Waals surface area contributed by atoms with E-state index in [0.717, 1.165) is 19.3 Å². The number of carboxylic acids is 2. The molecule has 7 N–H and O–H groups in total. The number of anilines is 2. The third-order valence-electron chi connectivity index (χ3n) is 4.63. The van der Waals surface area contributed by atoms with Crippen LogP contribution < -0.4 is 21.9 Å². The quantitative estimate of drug-likeness (QED) is 0.285. The summed E-state index contributed by atoms with van der Waals surface area (Å²) in [5.41, 5.74) is 5.89. The lowest BCUT2D eigenvalue weighted by atomic mass is 9.96. The Hall–Kier alpha value is -3.11. The van der Waals surface area contributed by atoms with Crippen molar-refractivity contribution in [3.8, 4) is 0 Å². The molecule has 28 heavy (non-hydrogen) atoms. The fraction of sp³-hybridized carbons (Fsp3) is 0.588. The van der Waals surface area contributed by atoms with Crippen LogP contribution in [0.2, 0.25) is 0 Å². The minimum absolute atomic E-state index is 0.0353. The van der Waals surface area contributed by atoms with E-state index in [9.17, 15) is 19.2 Å². The number of H-pyrrole nitrogens is 1. The molecular weight excluding hydrogens is 370 g/mol. The number of carbonyl (C=O) groups excluding carboxylic acids is 1. The highest BCUT2D eigenvalue weighted by Gasteiger charge is 2.26. The van der Waals surface area contributed by atoms with Gasteiger partial charge < -0.3 is 26.6 Å². The first-order valence-corrected chi connectivity index (χ1v) is 9.15. The number of carbonyl (C=O) groups is 3. The van der Waals surface area contributed by atoms with Crippen molar-refractivity contribution in [3.05, 3.63) is 15.9 Å².